The fourth-order valence-corrected chi connectivity index (χ4v) is 5.96. The van der Waals surface area contributed by atoms with Crippen molar-refractivity contribution in [3.8, 4) is 17.2 Å². The molecular formula is C35H39NO11. The van der Waals surface area contributed by atoms with Gasteiger partial charge in [0.2, 0.25) is 0 Å². The summed E-state index contributed by atoms with van der Waals surface area (Å²) in [6, 6.07) is 8.30. The number of benzene rings is 2. The molecule has 0 spiro atoms. The Morgan fingerprint density at radius 1 is 0.915 bits per heavy atom. The minimum Gasteiger partial charge on any atom is -0.508 e. The summed E-state index contributed by atoms with van der Waals surface area (Å²) in [7, 11) is 0. The third-order valence-electron chi connectivity index (χ3n) is 8.16. The summed E-state index contributed by atoms with van der Waals surface area (Å²) in [5.74, 6) is -0.754. The molecule has 0 atom stereocenters. The lowest BCUT2D eigenvalue weighted by atomic mass is 9.64. The van der Waals surface area contributed by atoms with E-state index in [2.05, 4.69) is 0 Å². The molecule has 12 nitrogen and oxygen atoms in total. The van der Waals surface area contributed by atoms with Crippen molar-refractivity contribution in [3.63, 3.8) is 0 Å². The number of nitrogens with zero attached hydrogens (tertiary/aromatic N) is 1. The molecule has 1 heterocycles. The van der Waals surface area contributed by atoms with Gasteiger partial charge in [-0.05, 0) is 52.6 Å². The molecule has 0 saturated carbocycles. The molecule has 5 rings (SSSR count). The Bertz CT molecular complexity index is 1590. The normalized spacial score (nSPS) is 19.2. The fraction of sp³-hybridized carbons (Fsp3) is 0.400. The summed E-state index contributed by atoms with van der Waals surface area (Å²) in [6.45, 7) is 6.84. The Labute approximate surface area is 272 Å². The number of ketones is 1. The van der Waals surface area contributed by atoms with Gasteiger partial charge in [0.15, 0.2) is 5.78 Å². The zero-order valence-corrected chi connectivity index (χ0v) is 26.5. The van der Waals surface area contributed by atoms with Crippen molar-refractivity contribution in [2.75, 3.05) is 77.5 Å². The van der Waals surface area contributed by atoms with Gasteiger partial charge in [0.1, 0.15) is 30.4 Å². The number of fused-ring (bicyclic) bond motifs is 3. The Morgan fingerprint density at radius 2 is 1.57 bits per heavy atom. The number of hydrogen-bond acceptors (Lipinski definition) is 11. The SMILES string of the molecule is CC1(C)C2=CC(=O)C=CC2=C(c2cc3c(cc2OC=O)OCCOCCOCCOCCOCCN3CC(=O)O)c2ccc(O)cc21. The van der Waals surface area contributed by atoms with E-state index in [0.29, 0.717) is 62.9 Å². The van der Waals surface area contributed by atoms with E-state index in [1.54, 1.807) is 47.4 Å². The molecule has 12 heteroatoms. The number of phenols is 1. The second-order valence-electron chi connectivity index (χ2n) is 11.6. The van der Waals surface area contributed by atoms with Crippen LogP contribution in [0.3, 0.4) is 0 Å². The number of rotatable bonds is 5. The van der Waals surface area contributed by atoms with Gasteiger partial charge in [-0.3, -0.25) is 14.4 Å². The number of anilines is 1. The Kier molecular flexibility index (Phi) is 11.1. The number of carboxylic acid groups (broad SMARTS) is 1. The maximum atomic E-state index is 12.6. The van der Waals surface area contributed by atoms with Crippen molar-refractivity contribution in [2.24, 2.45) is 0 Å². The van der Waals surface area contributed by atoms with Gasteiger partial charge >= 0.3 is 5.97 Å². The molecule has 3 aliphatic rings. The van der Waals surface area contributed by atoms with Crippen LogP contribution in [0, 0.1) is 0 Å². The van der Waals surface area contributed by atoms with Gasteiger partial charge < -0.3 is 43.5 Å². The number of hydrogen-bond donors (Lipinski definition) is 2. The third kappa shape index (κ3) is 7.91. The lowest BCUT2D eigenvalue weighted by Gasteiger charge is -2.39. The molecule has 0 saturated heterocycles. The van der Waals surface area contributed by atoms with Crippen LogP contribution in [0.2, 0.25) is 0 Å². The highest BCUT2D eigenvalue weighted by Gasteiger charge is 2.39. The van der Waals surface area contributed by atoms with Crippen LogP contribution in [0.5, 0.6) is 17.2 Å². The molecule has 47 heavy (non-hydrogen) atoms. The number of carboxylic acids is 1. The summed E-state index contributed by atoms with van der Waals surface area (Å²) in [6.07, 6.45) is 4.78. The molecule has 0 unspecified atom stereocenters. The van der Waals surface area contributed by atoms with Crippen molar-refractivity contribution in [2.45, 2.75) is 19.3 Å². The van der Waals surface area contributed by atoms with E-state index in [1.807, 2.05) is 13.8 Å². The van der Waals surface area contributed by atoms with E-state index in [4.69, 9.17) is 28.4 Å². The summed E-state index contributed by atoms with van der Waals surface area (Å²) < 4.78 is 34.1. The molecule has 250 valence electrons. The molecule has 2 aromatic rings. The standard InChI is InChI=1S/C35H39NO11/c1-35(2)28-17-23(38)3-5-25(28)34(26-6-4-24(39)18-29(26)35)27-19-30-32(20-31(27)47-22-37)46-16-15-45-14-13-44-12-11-43-10-9-42-8-7-36(30)21-33(40)41/h3-6,17-20,22,38H,7-16,21H2,1-2H3,(H,40,41). The summed E-state index contributed by atoms with van der Waals surface area (Å²) in [4.78, 5) is 38.2. The quantitative estimate of drug-likeness (QED) is 0.457. The Balaban J connectivity index is 1.67. The van der Waals surface area contributed by atoms with Crippen LogP contribution >= 0.6 is 0 Å². The number of carbonyl (C=O) groups excluding carboxylic acids is 2. The molecule has 1 aliphatic heterocycles. The van der Waals surface area contributed by atoms with Gasteiger partial charge in [-0.1, -0.05) is 26.0 Å². The first-order valence-corrected chi connectivity index (χ1v) is 15.4. The number of aromatic hydroxyl groups is 1. The molecule has 0 aromatic heterocycles. The Hall–Kier alpha value is -4.49. The average molecular weight is 650 g/mol. The fourth-order valence-electron chi connectivity index (χ4n) is 5.96. The van der Waals surface area contributed by atoms with Gasteiger partial charge in [0.25, 0.3) is 6.47 Å². The molecule has 0 fully saturated rings. The molecular weight excluding hydrogens is 610 g/mol. The summed E-state index contributed by atoms with van der Waals surface area (Å²) in [5.41, 5.74) is 3.83. The first-order chi connectivity index (χ1) is 22.7. The first kappa shape index (κ1) is 33.9. The smallest absolute Gasteiger partial charge is 0.323 e. The molecule has 2 aromatic carbocycles. The molecule has 0 bridgehead atoms. The molecule has 0 radical (unpaired) electrons. The minimum absolute atomic E-state index is 0.0597. The topological polar surface area (TPSA) is 150 Å². The van der Waals surface area contributed by atoms with Crippen molar-refractivity contribution in [1.29, 1.82) is 0 Å². The second kappa shape index (κ2) is 15.4. The molecule has 2 N–H and O–H groups in total. The zero-order valence-electron chi connectivity index (χ0n) is 26.5. The monoisotopic (exact) mass is 649 g/mol. The third-order valence-corrected chi connectivity index (χ3v) is 8.16. The van der Waals surface area contributed by atoms with Crippen LogP contribution in [-0.2, 0) is 38.7 Å². The van der Waals surface area contributed by atoms with E-state index >= 15 is 0 Å². The van der Waals surface area contributed by atoms with Crippen LogP contribution in [0.15, 0.2) is 59.7 Å². The van der Waals surface area contributed by atoms with Gasteiger partial charge in [0, 0.05) is 29.2 Å². The van der Waals surface area contributed by atoms with Crippen molar-refractivity contribution < 1.29 is 53.0 Å². The summed E-state index contributed by atoms with van der Waals surface area (Å²) >= 11 is 0. The number of carbonyl (C=O) groups is 3. The predicted molar refractivity (Wildman–Crippen MR) is 171 cm³/mol. The van der Waals surface area contributed by atoms with E-state index in [9.17, 15) is 24.6 Å². The summed E-state index contributed by atoms with van der Waals surface area (Å²) in [5, 5.41) is 20.4. The van der Waals surface area contributed by atoms with Crippen molar-refractivity contribution in [3.05, 3.63) is 76.4 Å². The van der Waals surface area contributed by atoms with E-state index in [-0.39, 0.29) is 55.9 Å². The zero-order chi connectivity index (χ0) is 33.4. The van der Waals surface area contributed by atoms with Crippen LogP contribution in [0.4, 0.5) is 5.69 Å². The van der Waals surface area contributed by atoms with Gasteiger partial charge in [-0.25, -0.2) is 0 Å². The maximum Gasteiger partial charge on any atom is 0.323 e. The lowest BCUT2D eigenvalue weighted by Crippen LogP contribution is -2.34. The average Bonchev–Trinajstić information content (AvgIpc) is 3.03. The number of ether oxygens (including phenoxy) is 6. The van der Waals surface area contributed by atoms with Gasteiger partial charge in [-0.15, -0.1) is 0 Å². The van der Waals surface area contributed by atoms with Crippen LogP contribution in [0.1, 0.15) is 30.5 Å². The predicted octanol–water partition coefficient (Wildman–Crippen LogP) is 3.44. The van der Waals surface area contributed by atoms with E-state index in [1.165, 1.54) is 6.08 Å². The van der Waals surface area contributed by atoms with Gasteiger partial charge in [-0.2, -0.15) is 0 Å². The molecule has 0 amide bonds. The number of aliphatic carboxylic acids is 1. The highest BCUT2D eigenvalue weighted by molar-refractivity contribution is 6.06. The van der Waals surface area contributed by atoms with E-state index < -0.39 is 11.4 Å². The van der Waals surface area contributed by atoms with Gasteiger partial charge in [0.05, 0.1) is 58.5 Å². The van der Waals surface area contributed by atoms with Crippen LogP contribution < -0.4 is 14.4 Å². The minimum atomic E-state index is -1.07. The van der Waals surface area contributed by atoms with Crippen LogP contribution in [0.25, 0.3) is 5.57 Å². The largest absolute Gasteiger partial charge is 0.508 e. The first-order valence-electron chi connectivity index (χ1n) is 15.4. The molecule has 2 aliphatic carbocycles. The number of phenolic OH excluding ortho intramolecular Hbond substituents is 1. The second-order valence-corrected chi connectivity index (χ2v) is 11.6. The van der Waals surface area contributed by atoms with E-state index in [0.717, 1.165) is 22.3 Å². The van der Waals surface area contributed by atoms with Crippen LogP contribution in [-0.4, -0.2) is 101 Å². The van der Waals surface area contributed by atoms with Crippen molar-refractivity contribution >= 4 is 29.5 Å². The lowest BCUT2D eigenvalue weighted by molar-refractivity contribution is -0.135. The van der Waals surface area contributed by atoms with Crippen molar-refractivity contribution in [1.82, 2.24) is 0 Å². The highest BCUT2D eigenvalue weighted by atomic mass is 16.6. The maximum absolute atomic E-state index is 12.6. The highest BCUT2D eigenvalue weighted by Crippen LogP contribution is 2.53. The number of allylic oxidation sites excluding steroid dienone is 5. The Morgan fingerprint density at radius 3 is 2.23 bits per heavy atom.